The topological polar surface area (TPSA) is 130 Å². The SMILES string of the molecule is Cl.O=C(NCCNS(=O)(=O)c1ccc([N+](=O)[O-])cc1)C1CSCN1. The van der Waals surface area contributed by atoms with Gasteiger partial charge in [-0.1, -0.05) is 0 Å². The molecule has 1 fully saturated rings. The highest BCUT2D eigenvalue weighted by molar-refractivity contribution is 7.99. The summed E-state index contributed by atoms with van der Waals surface area (Å²) in [5, 5.41) is 16.2. The smallest absolute Gasteiger partial charge is 0.269 e. The molecule has 1 saturated heterocycles. The average Bonchev–Trinajstić information content (AvgIpc) is 3.06. The van der Waals surface area contributed by atoms with Gasteiger partial charge in [-0.2, -0.15) is 0 Å². The van der Waals surface area contributed by atoms with Crippen LogP contribution in [0.1, 0.15) is 0 Å². The number of nitro groups is 1. The number of amides is 1. The Kier molecular flexibility index (Phi) is 7.90. The maximum Gasteiger partial charge on any atom is 0.269 e. The van der Waals surface area contributed by atoms with Crippen molar-refractivity contribution in [1.29, 1.82) is 0 Å². The van der Waals surface area contributed by atoms with Gasteiger partial charge in [-0.25, -0.2) is 13.1 Å². The minimum atomic E-state index is -3.76. The molecule has 1 aromatic carbocycles. The third kappa shape index (κ3) is 5.60. The van der Waals surface area contributed by atoms with Gasteiger partial charge in [0.25, 0.3) is 5.69 Å². The van der Waals surface area contributed by atoms with Gasteiger partial charge in [-0.05, 0) is 12.1 Å². The van der Waals surface area contributed by atoms with E-state index in [0.29, 0.717) is 5.75 Å². The summed E-state index contributed by atoms with van der Waals surface area (Å²) in [5.41, 5.74) is -0.182. The van der Waals surface area contributed by atoms with Gasteiger partial charge < -0.3 is 5.32 Å². The first-order valence-corrected chi connectivity index (χ1v) is 9.37. The van der Waals surface area contributed by atoms with Crippen molar-refractivity contribution in [2.75, 3.05) is 24.7 Å². The Morgan fingerprint density at radius 3 is 2.54 bits per heavy atom. The van der Waals surface area contributed by atoms with Crippen LogP contribution < -0.4 is 15.4 Å². The number of hydrogen-bond acceptors (Lipinski definition) is 7. The first-order chi connectivity index (χ1) is 10.9. The van der Waals surface area contributed by atoms with Crippen LogP contribution in [0.2, 0.25) is 0 Å². The van der Waals surface area contributed by atoms with E-state index in [9.17, 15) is 23.3 Å². The fourth-order valence-electron chi connectivity index (χ4n) is 1.89. The number of carbonyl (C=O) groups is 1. The summed E-state index contributed by atoms with van der Waals surface area (Å²) >= 11 is 1.62. The van der Waals surface area contributed by atoms with Gasteiger partial charge in [0.1, 0.15) is 0 Å². The fourth-order valence-corrected chi connectivity index (χ4v) is 3.86. The number of halogens is 1. The van der Waals surface area contributed by atoms with Gasteiger partial charge in [0.05, 0.1) is 15.9 Å². The summed E-state index contributed by atoms with van der Waals surface area (Å²) < 4.78 is 26.3. The Balaban J connectivity index is 0.00000288. The minimum absolute atomic E-state index is 0. The number of rotatable bonds is 7. The van der Waals surface area contributed by atoms with E-state index in [1.165, 1.54) is 12.1 Å². The minimum Gasteiger partial charge on any atom is -0.353 e. The number of thioether (sulfide) groups is 1. The molecule has 0 spiro atoms. The van der Waals surface area contributed by atoms with Gasteiger partial charge in [0, 0.05) is 36.9 Å². The molecule has 1 aromatic rings. The molecule has 0 saturated carbocycles. The summed E-state index contributed by atoms with van der Waals surface area (Å²) in [5.74, 6) is 1.26. The van der Waals surface area contributed by atoms with Crippen LogP contribution in [-0.4, -0.2) is 50.0 Å². The molecule has 0 aliphatic carbocycles. The van der Waals surface area contributed by atoms with Crippen LogP contribution in [0.15, 0.2) is 29.2 Å². The van der Waals surface area contributed by atoms with Crippen LogP contribution in [-0.2, 0) is 14.8 Å². The molecular weight excluding hydrogens is 380 g/mol. The van der Waals surface area contributed by atoms with Crippen LogP contribution in [0.25, 0.3) is 0 Å². The second kappa shape index (κ2) is 9.18. The second-order valence-electron chi connectivity index (χ2n) is 4.71. The molecule has 0 bridgehead atoms. The lowest BCUT2D eigenvalue weighted by Crippen LogP contribution is -2.44. The van der Waals surface area contributed by atoms with Crippen molar-refractivity contribution in [3.63, 3.8) is 0 Å². The number of nitro benzene ring substituents is 1. The van der Waals surface area contributed by atoms with Crippen molar-refractivity contribution in [3.05, 3.63) is 34.4 Å². The zero-order valence-corrected chi connectivity index (χ0v) is 14.9. The number of hydrogen-bond donors (Lipinski definition) is 3. The van der Waals surface area contributed by atoms with Gasteiger partial charge in [-0.15, -0.1) is 24.2 Å². The van der Waals surface area contributed by atoms with Gasteiger partial charge in [0.15, 0.2) is 0 Å². The van der Waals surface area contributed by atoms with Crippen LogP contribution in [0, 0.1) is 10.1 Å². The molecule has 1 heterocycles. The molecule has 1 atom stereocenters. The van der Waals surface area contributed by atoms with Crippen molar-refractivity contribution in [2.45, 2.75) is 10.9 Å². The Labute approximate surface area is 149 Å². The maximum absolute atomic E-state index is 12.0. The molecule has 0 radical (unpaired) electrons. The molecule has 2 rings (SSSR count). The highest BCUT2D eigenvalue weighted by atomic mass is 35.5. The van der Waals surface area contributed by atoms with E-state index in [1.54, 1.807) is 11.8 Å². The molecule has 12 heteroatoms. The number of non-ortho nitro benzene ring substituents is 1. The van der Waals surface area contributed by atoms with Gasteiger partial charge in [0.2, 0.25) is 15.9 Å². The molecule has 24 heavy (non-hydrogen) atoms. The van der Waals surface area contributed by atoms with E-state index in [-0.39, 0.29) is 48.0 Å². The Hall–Kier alpha value is -1.40. The summed E-state index contributed by atoms with van der Waals surface area (Å²) in [4.78, 5) is 21.6. The lowest BCUT2D eigenvalue weighted by molar-refractivity contribution is -0.384. The fraction of sp³-hybridized carbons (Fsp3) is 0.417. The lowest BCUT2D eigenvalue weighted by atomic mass is 10.3. The molecule has 134 valence electrons. The normalized spacial score (nSPS) is 17.1. The zero-order chi connectivity index (χ0) is 16.9. The molecule has 0 aromatic heterocycles. The van der Waals surface area contributed by atoms with Crippen molar-refractivity contribution in [1.82, 2.24) is 15.4 Å². The number of nitrogens with one attached hydrogen (secondary N) is 3. The third-order valence-electron chi connectivity index (χ3n) is 3.11. The first-order valence-electron chi connectivity index (χ1n) is 6.73. The number of sulfonamides is 1. The summed E-state index contributed by atoms with van der Waals surface area (Å²) in [6.07, 6.45) is 0. The molecular formula is C12H17ClN4O5S2. The number of benzene rings is 1. The molecule has 9 nitrogen and oxygen atoms in total. The molecule has 1 unspecified atom stereocenters. The molecule has 1 amide bonds. The van der Waals surface area contributed by atoms with E-state index in [2.05, 4.69) is 15.4 Å². The predicted molar refractivity (Wildman–Crippen MR) is 92.8 cm³/mol. The van der Waals surface area contributed by atoms with E-state index >= 15 is 0 Å². The number of nitrogens with zero attached hydrogens (tertiary/aromatic N) is 1. The van der Waals surface area contributed by atoms with Crippen molar-refractivity contribution in [2.24, 2.45) is 0 Å². The number of carbonyl (C=O) groups excluding carboxylic acids is 1. The van der Waals surface area contributed by atoms with Gasteiger partial charge >= 0.3 is 0 Å². The van der Waals surface area contributed by atoms with E-state index in [4.69, 9.17) is 0 Å². The molecule has 3 N–H and O–H groups in total. The van der Waals surface area contributed by atoms with Crippen molar-refractivity contribution < 1.29 is 18.1 Å². The quantitative estimate of drug-likeness (QED) is 0.338. The van der Waals surface area contributed by atoms with Crippen LogP contribution in [0.5, 0.6) is 0 Å². The standard InChI is InChI=1S/C12H16N4O5S2.ClH/c17-12(11-7-22-8-14-11)13-5-6-15-23(20,21)10-3-1-9(2-4-10)16(18)19;/h1-4,11,14-15H,5-8H2,(H,13,17);1H. The Morgan fingerprint density at radius 1 is 1.33 bits per heavy atom. The van der Waals surface area contributed by atoms with Crippen LogP contribution >= 0.6 is 24.2 Å². The average molecular weight is 397 g/mol. The third-order valence-corrected chi connectivity index (χ3v) is 5.52. The monoisotopic (exact) mass is 396 g/mol. The summed E-state index contributed by atoms with van der Waals surface area (Å²) in [7, 11) is -3.76. The van der Waals surface area contributed by atoms with Crippen LogP contribution in [0.4, 0.5) is 5.69 Å². The largest absolute Gasteiger partial charge is 0.353 e. The Bertz CT molecular complexity index is 677. The van der Waals surface area contributed by atoms with Gasteiger partial charge in [-0.3, -0.25) is 20.2 Å². The van der Waals surface area contributed by atoms with E-state index in [0.717, 1.165) is 18.0 Å². The highest BCUT2D eigenvalue weighted by Crippen LogP contribution is 2.15. The molecule has 1 aliphatic heterocycles. The van der Waals surface area contributed by atoms with Crippen molar-refractivity contribution in [3.8, 4) is 0 Å². The molecule has 1 aliphatic rings. The Morgan fingerprint density at radius 2 is 2.00 bits per heavy atom. The summed E-state index contributed by atoms with van der Waals surface area (Å²) in [6, 6.07) is 4.34. The predicted octanol–water partition coefficient (Wildman–Crippen LogP) is 0.0736. The van der Waals surface area contributed by atoms with Crippen LogP contribution in [0.3, 0.4) is 0 Å². The van der Waals surface area contributed by atoms with E-state index < -0.39 is 14.9 Å². The lowest BCUT2D eigenvalue weighted by Gasteiger charge is -2.11. The highest BCUT2D eigenvalue weighted by Gasteiger charge is 2.22. The van der Waals surface area contributed by atoms with E-state index in [1.807, 2.05) is 0 Å². The second-order valence-corrected chi connectivity index (χ2v) is 7.51. The first kappa shape index (κ1) is 20.6. The maximum atomic E-state index is 12.0. The zero-order valence-electron chi connectivity index (χ0n) is 12.4. The summed E-state index contributed by atoms with van der Waals surface area (Å²) in [6.45, 7) is 0.193. The van der Waals surface area contributed by atoms with Crippen molar-refractivity contribution >= 4 is 45.8 Å².